The highest BCUT2D eigenvalue weighted by Crippen LogP contribution is 2.18. The number of carbonyl (C=O) groups excluding carboxylic acids is 2. The van der Waals surface area contributed by atoms with Gasteiger partial charge in [-0.1, -0.05) is 94.9 Å². The maximum absolute atomic E-state index is 12.5. The second-order valence-electron chi connectivity index (χ2n) is 8.38. The van der Waals surface area contributed by atoms with E-state index in [9.17, 15) is 9.59 Å². The summed E-state index contributed by atoms with van der Waals surface area (Å²) in [5.74, 6) is -0.248. The Balaban J connectivity index is 1.62. The fourth-order valence-corrected chi connectivity index (χ4v) is 3.87. The molecule has 2 amide bonds. The Morgan fingerprint density at radius 1 is 0.719 bits per heavy atom. The van der Waals surface area contributed by atoms with Crippen LogP contribution in [0.5, 0.6) is 0 Å². The van der Waals surface area contributed by atoms with Crippen LogP contribution in [0.2, 0.25) is 5.02 Å². The van der Waals surface area contributed by atoms with E-state index in [0.29, 0.717) is 28.4 Å². The Bertz CT molecular complexity index is 838. The second-order valence-corrected chi connectivity index (χ2v) is 8.82. The number of anilines is 2. The lowest BCUT2D eigenvalue weighted by Crippen LogP contribution is -2.14. The highest BCUT2D eigenvalue weighted by atomic mass is 35.5. The van der Waals surface area contributed by atoms with Gasteiger partial charge in [0.15, 0.2) is 0 Å². The molecule has 2 N–H and O–H groups in total. The normalized spacial score (nSPS) is 10.7. The molecule has 4 nitrogen and oxygen atoms in total. The first kappa shape index (κ1) is 25.9. The van der Waals surface area contributed by atoms with E-state index < -0.39 is 0 Å². The average Bonchev–Trinajstić information content (AvgIpc) is 2.77. The maximum atomic E-state index is 12.5. The van der Waals surface area contributed by atoms with Crippen molar-refractivity contribution in [3.05, 3.63) is 59.1 Å². The molecule has 32 heavy (non-hydrogen) atoms. The van der Waals surface area contributed by atoms with Gasteiger partial charge in [0.05, 0.1) is 0 Å². The summed E-state index contributed by atoms with van der Waals surface area (Å²) in [7, 11) is 0. The van der Waals surface area contributed by atoms with Gasteiger partial charge >= 0.3 is 0 Å². The lowest BCUT2D eigenvalue weighted by atomic mass is 10.1. The van der Waals surface area contributed by atoms with Gasteiger partial charge in [-0.05, 0) is 42.8 Å². The first-order chi connectivity index (χ1) is 15.6. The predicted octanol–water partition coefficient (Wildman–Crippen LogP) is 8.23. The summed E-state index contributed by atoms with van der Waals surface area (Å²) in [5.41, 5.74) is 1.75. The molecule has 0 saturated heterocycles. The highest BCUT2D eigenvalue weighted by Gasteiger charge is 2.09. The van der Waals surface area contributed by atoms with Crippen molar-refractivity contribution in [3.63, 3.8) is 0 Å². The molecule has 0 radical (unpaired) electrons. The fourth-order valence-electron chi connectivity index (χ4n) is 3.68. The van der Waals surface area contributed by atoms with Crippen molar-refractivity contribution in [1.82, 2.24) is 0 Å². The van der Waals surface area contributed by atoms with Crippen LogP contribution in [0.3, 0.4) is 0 Å². The minimum atomic E-state index is -0.242. The van der Waals surface area contributed by atoms with E-state index in [1.165, 1.54) is 57.8 Å². The van der Waals surface area contributed by atoms with Gasteiger partial charge in [-0.25, -0.2) is 0 Å². The SMILES string of the molecule is CCCCCCCCCCCCCC(=O)Nc1cccc(C(=O)Nc2cccc(Cl)c2)c1. The molecule has 2 aromatic rings. The van der Waals surface area contributed by atoms with Crippen LogP contribution in [-0.4, -0.2) is 11.8 Å². The summed E-state index contributed by atoms with van der Waals surface area (Å²) in [6, 6.07) is 14.0. The summed E-state index contributed by atoms with van der Waals surface area (Å²) in [6.07, 6.45) is 14.4. The third-order valence-corrected chi connectivity index (χ3v) is 5.73. The van der Waals surface area contributed by atoms with Crippen LogP contribution >= 0.6 is 11.6 Å². The van der Waals surface area contributed by atoms with Crippen molar-refractivity contribution < 1.29 is 9.59 Å². The molecule has 0 unspecified atom stereocenters. The number of rotatable bonds is 15. The summed E-state index contributed by atoms with van der Waals surface area (Å²) < 4.78 is 0. The van der Waals surface area contributed by atoms with Crippen molar-refractivity contribution in [2.24, 2.45) is 0 Å². The summed E-state index contributed by atoms with van der Waals surface area (Å²) in [4.78, 5) is 24.7. The number of amides is 2. The van der Waals surface area contributed by atoms with Crippen LogP contribution in [0.1, 0.15) is 94.3 Å². The third-order valence-electron chi connectivity index (χ3n) is 5.50. The smallest absolute Gasteiger partial charge is 0.255 e. The predicted molar refractivity (Wildman–Crippen MR) is 136 cm³/mol. The number of nitrogens with one attached hydrogen (secondary N) is 2. The summed E-state index contributed by atoms with van der Waals surface area (Å²) in [5, 5.41) is 6.29. The van der Waals surface area contributed by atoms with Gasteiger partial charge in [0.2, 0.25) is 5.91 Å². The maximum Gasteiger partial charge on any atom is 0.255 e. The minimum Gasteiger partial charge on any atom is -0.326 e. The van der Waals surface area contributed by atoms with Gasteiger partial charge in [-0.3, -0.25) is 9.59 Å². The van der Waals surface area contributed by atoms with Crippen molar-refractivity contribution in [2.75, 3.05) is 10.6 Å². The van der Waals surface area contributed by atoms with E-state index in [2.05, 4.69) is 17.6 Å². The van der Waals surface area contributed by atoms with Crippen LogP contribution in [0.4, 0.5) is 11.4 Å². The van der Waals surface area contributed by atoms with Gasteiger partial charge in [0.1, 0.15) is 0 Å². The van der Waals surface area contributed by atoms with E-state index in [4.69, 9.17) is 11.6 Å². The molecule has 0 heterocycles. The molecular formula is C27H37ClN2O2. The lowest BCUT2D eigenvalue weighted by molar-refractivity contribution is -0.116. The highest BCUT2D eigenvalue weighted by molar-refractivity contribution is 6.31. The number of hydrogen-bond acceptors (Lipinski definition) is 2. The number of carbonyl (C=O) groups is 2. The molecular weight excluding hydrogens is 420 g/mol. The number of unbranched alkanes of at least 4 members (excludes halogenated alkanes) is 10. The number of benzene rings is 2. The Morgan fingerprint density at radius 3 is 1.91 bits per heavy atom. The molecule has 174 valence electrons. The van der Waals surface area contributed by atoms with E-state index >= 15 is 0 Å². The number of hydrogen-bond donors (Lipinski definition) is 2. The molecule has 0 saturated carbocycles. The molecule has 0 spiro atoms. The van der Waals surface area contributed by atoms with E-state index in [1.807, 2.05) is 0 Å². The van der Waals surface area contributed by atoms with Gasteiger partial charge in [-0.2, -0.15) is 0 Å². The molecule has 0 bridgehead atoms. The molecule has 2 rings (SSSR count). The molecule has 0 aliphatic heterocycles. The van der Waals surface area contributed by atoms with Gasteiger partial charge in [0, 0.05) is 28.4 Å². The molecule has 5 heteroatoms. The van der Waals surface area contributed by atoms with Crippen LogP contribution < -0.4 is 10.6 Å². The van der Waals surface area contributed by atoms with E-state index in [0.717, 1.165) is 12.8 Å². The van der Waals surface area contributed by atoms with Crippen molar-refractivity contribution >= 4 is 34.8 Å². The first-order valence-corrected chi connectivity index (χ1v) is 12.4. The lowest BCUT2D eigenvalue weighted by Gasteiger charge is -2.09. The second kappa shape index (κ2) is 15.5. The van der Waals surface area contributed by atoms with Gasteiger partial charge in [0.25, 0.3) is 5.91 Å². The van der Waals surface area contributed by atoms with E-state index in [1.54, 1.807) is 48.5 Å². The molecule has 0 aromatic heterocycles. The van der Waals surface area contributed by atoms with Crippen LogP contribution in [0.15, 0.2) is 48.5 Å². The first-order valence-electron chi connectivity index (χ1n) is 12.1. The monoisotopic (exact) mass is 456 g/mol. The quantitative estimate of drug-likeness (QED) is 0.265. The Morgan fingerprint density at radius 2 is 1.28 bits per heavy atom. The molecule has 0 aliphatic rings. The summed E-state index contributed by atoms with van der Waals surface area (Å²) in [6.45, 7) is 2.25. The average molecular weight is 457 g/mol. The van der Waals surface area contributed by atoms with Gasteiger partial charge in [-0.15, -0.1) is 0 Å². The zero-order valence-corrected chi connectivity index (χ0v) is 20.1. The third kappa shape index (κ3) is 10.8. The molecule has 0 atom stereocenters. The van der Waals surface area contributed by atoms with Crippen LogP contribution in [0.25, 0.3) is 0 Å². The van der Waals surface area contributed by atoms with Crippen molar-refractivity contribution in [3.8, 4) is 0 Å². The Hall–Kier alpha value is -2.33. The van der Waals surface area contributed by atoms with Crippen LogP contribution in [0, 0.1) is 0 Å². The fraction of sp³-hybridized carbons (Fsp3) is 0.481. The largest absolute Gasteiger partial charge is 0.326 e. The Labute approximate surface area is 198 Å². The van der Waals surface area contributed by atoms with Gasteiger partial charge < -0.3 is 10.6 Å². The molecule has 0 fully saturated rings. The standard InChI is InChI=1S/C27H37ClN2O2/c1-2-3-4-5-6-7-8-9-10-11-12-19-26(31)29-24-17-13-15-22(20-24)27(32)30-25-18-14-16-23(28)21-25/h13-18,20-21H,2-12,19H2,1H3,(H,29,31)(H,30,32). The zero-order chi connectivity index (χ0) is 23.0. The summed E-state index contributed by atoms with van der Waals surface area (Å²) >= 11 is 5.96. The molecule has 2 aromatic carbocycles. The molecule has 0 aliphatic carbocycles. The topological polar surface area (TPSA) is 58.2 Å². The zero-order valence-electron chi connectivity index (χ0n) is 19.3. The Kier molecular flexibility index (Phi) is 12.5. The van der Waals surface area contributed by atoms with Crippen molar-refractivity contribution in [1.29, 1.82) is 0 Å². The van der Waals surface area contributed by atoms with E-state index in [-0.39, 0.29) is 11.8 Å². The van der Waals surface area contributed by atoms with Crippen LogP contribution in [-0.2, 0) is 4.79 Å². The number of halogens is 1. The van der Waals surface area contributed by atoms with Crippen molar-refractivity contribution in [2.45, 2.75) is 84.0 Å². The minimum absolute atomic E-state index is 0.00618.